The van der Waals surface area contributed by atoms with Gasteiger partial charge in [0.25, 0.3) is 0 Å². The van der Waals surface area contributed by atoms with Crippen molar-refractivity contribution in [1.29, 1.82) is 0 Å². The molecule has 0 saturated carbocycles. The number of aliphatic hydroxyl groups excluding tert-OH is 1. The lowest BCUT2D eigenvalue weighted by atomic mass is 9.99. The van der Waals surface area contributed by atoms with Gasteiger partial charge in [-0.15, -0.1) is 0 Å². The van der Waals surface area contributed by atoms with Crippen LogP contribution in [-0.2, 0) is 11.2 Å². The third kappa shape index (κ3) is 4.14. The molecule has 1 rings (SSSR count). The van der Waals surface area contributed by atoms with Crippen molar-refractivity contribution in [3.8, 4) is 0 Å². The van der Waals surface area contributed by atoms with Crippen molar-refractivity contribution in [2.75, 3.05) is 6.61 Å². The molecule has 0 heterocycles. The molecule has 0 radical (unpaired) electrons. The van der Waals surface area contributed by atoms with Crippen LogP contribution in [0.2, 0.25) is 0 Å². The van der Waals surface area contributed by atoms with Crippen molar-refractivity contribution in [3.63, 3.8) is 0 Å². The summed E-state index contributed by atoms with van der Waals surface area (Å²) in [6, 6.07) is 8.20. The number of aryl methyl sites for hydroxylation is 1. The standard InChI is InChI=1S/C15H24O2/c1-4-8-12-9-7-10-13(11-12)15(16)14(5-2)17-6-3/h7,9-11,14-16H,4-6,8H2,1-3H3. The van der Waals surface area contributed by atoms with E-state index in [0.29, 0.717) is 6.61 Å². The molecule has 2 nitrogen and oxygen atoms in total. The maximum absolute atomic E-state index is 10.3. The highest BCUT2D eigenvalue weighted by atomic mass is 16.5. The molecular formula is C15H24O2. The Bertz CT molecular complexity index is 322. The highest BCUT2D eigenvalue weighted by molar-refractivity contribution is 5.26. The van der Waals surface area contributed by atoms with Crippen LogP contribution in [0.25, 0.3) is 0 Å². The van der Waals surface area contributed by atoms with Crippen molar-refractivity contribution >= 4 is 0 Å². The van der Waals surface area contributed by atoms with Crippen molar-refractivity contribution in [3.05, 3.63) is 35.4 Å². The Morgan fingerprint density at radius 2 is 2.00 bits per heavy atom. The zero-order chi connectivity index (χ0) is 12.7. The second kappa shape index (κ2) is 7.46. The molecule has 96 valence electrons. The Labute approximate surface area is 105 Å². The first kappa shape index (κ1) is 14.2. The molecule has 2 atom stereocenters. The lowest BCUT2D eigenvalue weighted by Crippen LogP contribution is -2.21. The normalized spacial score (nSPS) is 14.6. The first-order chi connectivity index (χ1) is 8.22. The smallest absolute Gasteiger partial charge is 0.105 e. The summed E-state index contributed by atoms with van der Waals surface area (Å²) in [5.41, 5.74) is 2.26. The summed E-state index contributed by atoms with van der Waals surface area (Å²) in [7, 11) is 0. The largest absolute Gasteiger partial charge is 0.386 e. The zero-order valence-electron chi connectivity index (χ0n) is 11.1. The van der Waals surface area contributed by atoms with E-state index in [2.05, 4.69) is 19.1 Å². The molecule has 1 aromatic carbocycles. The number of hydrogen-bond acceptors (Lipinski definition) is 2. The van der Waals surface area contributed by atoms with Crippen molar-refractivity contribution in [2.45, 2.75) is 52.2 Å². The van der Waals surface area contributed by atoms with Crippen LogP contribution in [0.15, 0.2) is 24.3 Å². The Balaban J connectivity index is 2.79. The summed E-state index contributed by atoms with van der Waals surface area (Å²) in [4.78, 5) is 0. The topological polar surface area (TPSA) is 29.5 Å². The predicted molar refractivity (Wildman–Crippen MR) is 71.1 cm³/mol. The fraction of sp³-hybridized carbons (Fsp3) is 0.600. The summed E-state index contributed by atoms with van der Waals surface area (Å²) < 4.78 is 5.56. The Kier molecular flexibility index (Phi) is 6.23. The van der Waals surface area contributed by atoms with E-state index < -0.39 is 6.10 Å². The highest BCUT2D eigenvalue weighted by Gasteiger charge is 2.19. The third-order valence-electron chi connectivity index (χ3n) is 2.97. The molecule has 0 spiro atoms. The second-order valence-corrected chi connectivity index (χ2v) is 4.34. The van der Waals surface area contributed by atoms with Gasteiger partial charge < -0.3 is 9.84 Å². The van der Waals surface area contributed by atoms with Gasteiger partial charge in [0.05, 0.1) is 6.10 Å². The Morgan fingerprint density at radius 1 is 1.24 bits per heavy atom. The van der Waals surface area contributed by atoms with Crippen molar-refractivity contribution < 1.29 is 9.84 Å². The summed E-state index contributed by atoms with van der Waals surface area (Å²) in [5, 5.41) is 10.3. The number of aliphatic hydroxyl groups is 1. The molecular weight excluding hydrogens is 212 g/mol. The molecule has 0 bridgehead atoms. The molecule has 0 aliphatic rings. The van der Waals surface area contributed by atoms with Gasteiger partial charge in [-0.2, -0.15) is 0 Å². The predicted octanol–water partition coefficient (Wildman–Crippen LogP) is 3.49. The lowest BCUT2D eigenvalue weighted by Gasteiger charge is -2.22. The summed E-state index contributed by atoms with van der Waals surface area (Å²) in [5.74, 6) is 0. The monoisotopic (exact) mass is 236 g/mol. The number of hydrogen-bond donors (Lipinski definition) is 1. The van der Waals surface area contributed by atoms with E-state index in [-0.39, 0.29) is 6.10 Å². The molecule has 0 fully saturated rings. The highest BCUT2D eigenvalue weighted by Crippen LogP contribution is 2.22. The van der Waals surface area contributed by atoms with E-state index >= 15 is 0 Å². The van der Waals surface area contributed by atoms with Gasteiger partial charge in [0, 0.05) is 6.61 Å². The summed E-state index contributed by atoms with van der Waals surface area (Å²) >= 11 is 0. The van der Waals surface area contributed by atoms with Crippen molar-refractivity contribution in [2.24, 2.45) is 0 Å². The number of benzene rings is 1. The minimum Gasteiger partial charge on any atom is -0.386 e. The van der Waals surface area contributed by atoms with Gasteiger partial charge in [0.1, 0.15) is 6.10 Å². The molecule has 2 unspecified atom stereocenters. The van der Waals surface area contributed by atoms with Gasteiger partial charge in [-0.1, -0.05) is 44.5 Å². The molecule has 0 aliphatic carbocycles. The molecule has 1 N–H and O–H groups in total. The summed E-state index contributed by atoms with van der Waals surface area (Å²) in [6.07, 6.45) is 2.40. The van der Waals surface area contributed by atoms with Crippen LogP contribution < -0.4 is 0 Å². The number of ether oxygens (including phenoxy) is 1. The van der Waals surface area contributed by atoms with Crippen LogP contribution in [0.4, 0.5) is 0 Å². The first-order valence-electron chi connectivity index (χ1n) is 6.61. The molecule has 0 aromatic heterocycles. The van der Waals surface area contributed by atoms with E-state index in [4.69, 9.17) is 4.74 Å². The first-order valence-corrected chi connectivity index (χ1v) is 6.61. The van der Waals surface area contributed by atoms with E-state index in [1.165, 1.54) is 5.56 Å². The van der Waals surface area contributed by atoms with Crippen LogP contribution in [0.5, 0.6) is 0 Å². The molecule has 0 aliphatic heterocycles. The molecule has 0 saturated heterocycles. The van der Waals surface area contributed by atoms with Crippen LogP contribution >= 0.6 is 0 Å². The lowest BCUT2D eigenvalue weighted by molar-refractivity contribution is -0.0356. The molecule has 1 aromatic rings. The van der Waals surface area contributed by atoms with E-state index in [9.17, 15) is 5.11 Å². The SMILES string of the molecule is CCCc1cccc(C(O)C(CC)OCC)c1. The van der Waals surface area contributed by atoms with Gasteiger partial charge in [0.15, 0.2) is 0 Å². The average molecular weight is 236 g/mol. The Hall–Kier alpha value is -0.860. The van der Waals surface area contributed by atoms with Crippen molar-refractivity contribution in [1.82, 2.24) is 0 Å². The van der Waals surface area contributed by atoms with Crippen LogP contribution in [0, 0.1) is 0 Å². The van der Waals surface area contributed by atoms with Gasteiger partial charge in [0.2, 0.25) is 0 Å². The zero-order valence-corrected chi connectivity index (χ0v) is 11.1. The van der Waals surface area contributed by atoms with E-state index in [1.54, 1.807) is 0 Å². The second-order valence-electron chi connectivity index (χ2n) is 4.34. The fourth-order valence-corrected chi connectivity index (χ4v) is 2.08. The average Bonchev–Trinajstić information content (AvgIpc) is 2.36. The quantitative estimate of drug-likeness (QED) is 0.785. The third-order valence-corrected chi connectivity index (χ3v) is 2.97. The molecule has 17 heavy (non-hydrogen) atoms. The molecule has 2 heteroatoms. The Morgan fingerprint density at radius 3 is 2.59 bits per heavy atom. The van der Waals surface area contributed by atoms with Gasteiger partial charge >= 0.3 is 0 Å². The van der Waals surface area contributed by atoms with Gasteiger partial charge in [-0.3, -0.25) is 0 Å². The number of rotatable bonds is 7. The fourth-order valence-electron chi connectivity index (χ4n) is 2.08. The van der Waals surface area contributed by atoms with Crippen LogP contribution in [0.1, 0.15) is 50.8 Å². The van der Waals surface area contributed by atoms with E-state index in [1.807, 2.05) is 26.0 Å². The van der Waals surface area contributed by atoms with Gasteiger partial charge in [-0.05, 0) is 30.9 Å². The minimum atomic E-state index is -0.517. The van der Waals surface area contributed by atoms with E-state index in [0.717, 1.165) is 24.8 Å². The van der Waals surface area contributed by atoms with Gasteiger partial charge in [-0.25, -0.2) is 0 Å². The summed E-state index contributed by atoms with van der Waals surface area (Å²) in [6.45, 7) is 6.81. The molecule has 0 amide bonds. The maximum atomic E-state index is 10.3. The van der Waals surface area contributed by atoms with Crippen LogP contribution in [-0.4, -0.2) is 17.8 Å². The van der Waals surface area contributed by atoms with Crippen LogP contribution in [0.3, 0.4) is 0 Å². The maximum Gasteiger partial charge on any atom is 0.105 e. The minimum absolute atomic E-state index is 0.100.